The van der Waals surface area contributed by atoms with Gasteiger partial charge in [0.25, 0.3) is 11.8 Å². The number of nitrogens with zero attached hydrogens (tertiary/aromatic N) is 3. The van der Waals surface area contributed by atoms with Crippen molar-refractivity contribution < 1.29 is 19.1 Å². The molecule has 2 aromatic heterocycles. The van der Waals surface area contributed by atoms with Crippen molar-refractivity contribution in [3.63, 3.8) is 0 Å². The summed E-state index contributed by atoms with van der Waals surface area (Å²) in [6.45, 7) is 6.32. The number of hydrogen-bond acceptors (Lipinski definition) is 6. The standard InChI is InChI=1S/C26H27N5O4/c1-5-35-22-12-11-18(13-23(22)34-4)25(32)29-30-26(33)19-14-21(17-9-7-6-8-10-17)28-24-20(19)15-27-31(24)16(2)3/h6-16H,5H2,1-4H3,(H,29,32)(H,30,33). The van der Waals surface area contributed by atoms with Crippen LogP contribution in [0.1, 0.15) is 47.5 Å². The van der Waals surface area contributed by atoms with Crippen LogP contribution in [-0.2, 0) is 0 Å². The van der Waals surface area contributed by atoms with Crippen molar-refractivity contribution in [2.24, 2.45) is 0 Å². The van der Waals surface area contributed by atoms with Crippen LogP contribution in [0.25, 0.3) is 22.3 Å². The summed E-state index contributed by atoms with van der Waals surface area (Å²) in [7, 11) is 1.50. The number of carbonyl (C=O) groups is 2. The summed E-state index contributed by atoms with van der Waals surface area (Å²) in [4.78, 5) is 30.7. The minimum Gasteiger partial charge on any atom is -0.493 e. The smallest absolute Gasteiger partial charge is 0.270 e. The maximum absolute atomic E-state index is 13.2. The van der Waals surface area contributed by atoms with Crippen LogP contribution in [0.5, 0.6) is 11.5 Å². The number of ether oxygens (including phenoxy) is 2. The predicted molar refractivity (Wildman–Crippen MR) is 132 cm³/mol. The molecule has 0 unspecified atom stereocenters. The summed E-state index contributed by atoms with van der Waals surface area (Å²) in [5.41, 5.74) is 7.73. The van der Waals surface area contributed by atoms with Gasteiger partial charge in [0.05, 0.1) is 36.6 Å². The number of rotatable bonds is 7. The lowest BCUT2D eigenvalue weighted by Gasteiger charge is -2.13. The van der Waals surface area contributed by atoms with Gasteiger partial charge in [0.1, 0.15) is 0 Å². The van der Waals surface area contributed by atoms with E-state index in [-0.39, 0.29) is 6.04 Å². The molecule has 180 valence electrons. The van der Waals surface area contributed by atoms with Crippen LogP contribution in [0.3, 0.4) is 0 Å². The molecular formula is C26H27N5O4. The van der Waals surface area contributed by atoms with E-state index < -0.39 is 11.8 Å². The summed E-state index contributed by atoms with van der Waals surface area (Å²) in [5, 5.41) is 5.01. The molecule has 0 bridgehead atoms. The third-order valence-electron chi connectivity index (χ3n) is 5.39. The lowest BCUT2D eigenvalue weighted by Crippen LogP contribution is -2.41. The summed E-state index contributed by atoms with van der Waals surface area (Å²) in [5.74, 6) is -0.0177. The Bertz CT molecular complexity index is 1370. The molecule has 2 aromatic carbocycles. The van der Waals surface area contributed by atoms with Gasteiger partial charge in [0.15, 0.2) is 17.1 Å². The lowest BCUT2D eigenvalue weighted by atomic mass is 10.1. The van der Waals surface area contributed by atoms with Crippen molar-refractivity contribution in [1.29, 1.82) is 0 Å². The largest absolute Gasteiger partial charge is 0.493 e. The van der Waals surface area contributed by atoms with E-state index in [1.54, 1.807) is 35.1 Å². The highest BCUT2D eigenvalue weighted by atomic mass is 16.5. The molecule has 35 heavy (non-hydrogen) atoms. The van der Waals surface area contributed by atoms with Gasteiger partial charge in [-0.1, -0.05) is 30.3 Å². The van der Waals surface area contributed by atoms with E-state index in [4.69, 9.17) is 14.5 Å². The first-order valence-corrected chi connectivity index (χ1v) is 11.3. The molecule has 2 heterocycles. The van der Waals surface area contributed by atoms with Crippen molar-refractivity contribution in [3.8, 4) is 22.8 Å². The Hall–Kier alpha value is -4.40. The first kappa shape index (κ1) is 23.7. The second-order valence-electron chi connectivity index (χ2n) is 8.05. The molecule has 0 saturated heterocycles. The molecule has 0 spiro atoms. The van der Waals surface area contributed by atoms with Crippen LogP contribution in [0.2, 0.25) is 0 Å². The molecule has 0 aliphatic rings. The molecule has 2 N–H and O–H groups in total. The number of hydrogen-bond donors (Lipinski definition) is 2. The van der Waals surface area contributed by atoms with E-state index in [9.17, 15) is 9.59 Å². The first-order chi connectivity index (χ1) is 16.9. The fourth-order valence-electron chi connectivity index (χ4n) is 3.68. The van der Waals surface area contributed by atoms with Crippen molar-refractivity contribution in [1.82, 2.24) is 25.6 Å². The SMILES string of the molecule is CCOc1ccc(C(=O)NNC(=O)c2cc(-c3ccccc3)nc3c2cnn3C(C)C)cc1OC. The zero-order valence-electron chi connectivity index (χ0n) is 20.0. The Morgan fingerprint density at radius 1 is 1.00 bits per heavy atom. The van der Waals surface area contributed by atoms with Crippen molar-refractivity contribution >= 4 is 22.8 Å². The molecule has 4 aromatic rings. The Morgan fingerprint density at radius 2 is 1.74 bits per heavy atom. The molecule has 0 atom stereocenters. The van der Waals surface area contributed by atoms with Gasteiger partial charge in [0, 0.05) is 17.2 Å². The van der Waals surface area contributed by atoms with Gasteiger partial charge < -0.3 is 9.47 Å². The fourth-order valence-corrected chi connectivity index (χ4v) is 3.68. The Kier molecular flexibility index (Phi) is 6.96. The third-order valence-corrected chi connectivity index (χ3v) is 5.39. The maximum atomic E-state index is 13.2. The van der Waals surface area contributed by atoms with Crippen molar-refractivity contribution in [3.05, 3.63) is 71.9 Å². The maximum Gasteiger partial charge on any atom is 0.270 e. The summed E-state index contributed by atoms with van der Waals surface area (Å²) < 4.78 is 12.6. The topological polar surface area (TPSA) is 107 Å². The molecule has 0 aliphatic heterocycles. The van der Waals surface area contributed by atoms with Gasteiger partial charge in [-0.2, -0.15) is 5.10 Å². The van der Waals surface area contributed by atoms with Crippen molar-refractivity contribution in [2.45, 2.75) is 26.8 Å². The molecule has 0 aliphatic carbocycles. The van der Waals surface area contributed by atoms with Crippen LogP contribution in [0, 0.1) is 0 Å². The highest BCUT2D eigenvalue weighted by molar-refractivity contribution is 6.07. The zero-order chi connectivity index (χ0) is 24.9. The van der Waals surface area contributed by atoms with E-state index in [0.717, 1.165) is 5.56 Å². The number of amides is 2. The number of aromatic nitrogens is 3. The third kappa shape index (κ3) is 4.93. The van der Waals surface area contributed by atoms with Crippen LogP contribution in [0.4, 0.5) is 0 Å². The second-order valence-corrected chi connectivity index (χ2v) is 8.05. The number of nitrogens with one attached hydrogen (secondary N) is 2. The molecule has 0 radical (unpaired) electrons. The van der Waals surface area contributed by atoms with Gasteiger partial charge in [-0.3, -0.25) is 20.4 Å². The zero-order valence-corrected chi connectivity index (χ0v) is 20.0. The van der Waals surface area contributed by atoms with Crippen LogP contribution in [0.15, 0.2) is 60.8 Å². The Balaban J connectivity index is 1.62. The predicted octanol–water partition coefficient (Wildman–Crippen LogP) is 4.16. The van der Waals surface area contributed by atoms with E-state index >= 15 is 0 Å². The summed E-state index contributed by atoms with van der Waals surface area (Å²) >= 11 is 0. The van der Waals surface area contributed by atoms with Gasteiger partial charge >= 0.3 is 0 Å². The average Bonchev–Trinajstić information content (AvgIpc) is 3.32. The molecule has 0 fully saturated rings. The molecule has 0 saturated carbocycles. The monoisotopic (exact) mass is 473 g/mol. The van der Waals surface area contributed by atoms with Crippen LogP contribution in [-0.4, -0.2) is 40.3 Å². The second kappa shape index (κ2) is 10.3. The molecule has 4 rings (SSSR count). The van der Waals surface area contributed by atoms with Gasteiger partial charge in [-0.05, 0) is 45.0 Å². The Labute approximate surface area is 203 Å². The van der Waals surface area contributed by atoms with Gasteiger partial charge in [-0.25, -0.2) is 9.67 Å². The number of hydrazine groups is 1. The highest BCUT2D eigenvalue weighted by Crippen LogP contribution is 2.28. The van der Waals surface area contributed by atoms with Crippen LogP contribution >= 0.6 is 0 Å². The minimum absolute atomic E-state index is 0.0521. The number of fused-ring (bicyclic) bond motifs is 1. The summed E-state index contributed by atoms with van der Waals surface area (Å²) in [6, 6.07) is 16.1. The number of pyridine rings is 1. The Morgan fingerprint density at radius 3 is 2.43 bits per heavy atom. The quantitative estimate of drug-likeness (QED) is 0.390. The number of carbonyl (C=O) groups excluding carboxylic acids is 2. The van der Waals surface area contributed by atoms with E-state index in [0.29, 0.717) is 46.0 Å². The number of benzene rings is 2. The van der Waals surface area contributed by atoms with E-state index in [1.165, 1.54) is 7.11 Å². The number of methoxy groups -OCH3 is 1. The average molecular weight is 474 g/mol. The molecule has 9 nitrogen and oxygen atoms in total. The minimum atomic E-state index is -0.494. The first-order valence-electron chi connectivity index (χ1n) is 11.3. The summed E-state index contributed by atoms with van der Waals surface area (Å²) in [6.07, 6.45) is 1.62. The van der Waals surface area contributed by atoms with Crippen LogP contribution < -0.4 is 20.3 Å². The highest BCUT2D eigenvalue weighted by Gasteiger charge is 2.19. The molecule has 2 amide bonds. The van der Waals surface area contributed by atoms with E-state index in [2.05, 4.69) is 16.0 Å². The normalized spacial score (nSPS) is 10.9. The fraction of sp³-hybridized carbons (Fsp3) is 0.231. The molecule has 9 heteroatoms. The van der Waals surface area contributed by atoms with E-state index in [1.807, 2.05) is 51.1 Å². The van der Waals surface area contributed by atoms with Crippen molar-refractivity contribution in [2.75, 3.05) is 13.7 Å². The van der Waals surface area contributed by atoms with Gasteiger partial charge in [-0.15, -0.1) is 0 Å². The molecular weight excluding hydrogens is 446 g/mol. The lowest BCUT2D eigenvalue weighted by molar-refractivity contribution is 0.0847. The van der Waals surface area contributed by atoms with Gasteiger partial charge in [0.2, 0.25) is 0 Å².